The first-order valence-electron chi connectivity index (χ1n) is 7.98. The summed E-state index contributed by atoms with van der Waals surface area (Å²) >= 11 is 1.47. The minimum Gasteiger partial charge on any atom is -0.323 e. The van der Waals surface area contributed by atoms with Gasteiger partial charge < -0.3 is 4.90 Å². The maximum absolute atomic E-state index is 12.3. The Labute approximate surface area is 133 Å². The van der Waals surface area contributed by atoms with Crippen molar-refractivity contribution >= 4 is 28.4 Å². The molecular weight excluding hydrogens is 300 g/mol. The van der Waals surface area contributed by atoms with Gasteiger partial charge in [0.05, 0.1) is 12.4 Å². The van der Waals surface area contributed by atoms with E-state index in [-0.39, 0.29) is 18.5 Å². The smallest absolute Gasteiger partial charge is 0.323 e. The molecule has 0 atom stereocenters. The zero-order chi connectivity index (χ0) is 15.1. The number of carbonyl (C=O) groups excluding carboxylic acids is 2. The Balaban J connectivity index is 1.33. The van der Waals surface area contributed by atoms with Crippen LogP contribution in [0.2, 0.25) is 0 Å². The van der Waals surface area contributed by atoms with Crippen LogP contribution in [0.15, 0.2) is 5.38 Å². The van der Waals surface area contributed by atoms with Crippen LogP contribution in [0, 0.1) is 5.92 Å². The number of carbonyl (C=O) groups is 2. The molecule has 0 radical (unpaired) electrons. The van der Waals surface area contributed by atoms with Crippen LogP contribution in [0.3, 0.4) is 0 Å². The Kier molecular flexibility index (Phi) is 3.52. The zero-order valence-corrected chi connectivity index (χ0v) is 13.3. The quantitative estimate of drug-likeness (QED) is 0.927. The lowest BCUT2D eigenvalue weighted by atomic mass is 9.83. The monoisotopic (exact) mass is 320 g/mol. The number of urea groups is 1. The van der Waals surface area contributed by atoms with Crippen molar-refractivity contribution in [3.63, 3.8) is 0 Å². The fraction of sp³-hybridized carbons (Fsp3) is 0.667. The molecule has 3 fully saturated rings. The lowest BCUT2D eigenvalue weighted by Crippen LogP contribution is -2.35. The second-order valence-corrected chi connectivity index (χ2v) is 7.39. The molecule has 1 aromatic rings. The molecule has 0 aromatic carbocycles. The highest BCUT2D eigenvalue weighted by Gasteiger charge is 2.35. The molecule has 0 unspecified atom stereocenters. The van der Waals surface area contributed by atoms with Crippen molar-refractivity contribution in [3.8, 4) is 0 Å². The maximum atomic E-state index is 12.3. The molecule has 3 aliphatic rings. The van der Waals surface area contributed by atoms with E-state index in [0.29, 0.717) is 23.6 Å². The molecule has 0 spiro atoms. The van der Waals surface area contributed by atoms with Crippen LogP contribution < -0.4 is 5.32 Å². The van der Waals surface area contributed by atoms with Gasteiger partial charge in [0.25, 0.3) is 0 Å². The van der Waals surface area contributed by atoms with E-state index in [0.717, 1.165) is 12.2 Å². The molecule has 1 saturated heterocycles. The van der Waals surface area contributed by atoms with Gasteiger partial charge in [-0.15, -0.1) is 11.3 Å². The van der Waals surface area contributed by atoms with Crippen molar-refractivity contribution in [2.75, 3.05) is 25.1 Å². The van der Waals surface area contributed by atoms with Gasteiger partial charge in [-0.1, -0.05) is 6.42 Å². The Morgan fingerprint density at radius 2 is 2.18 bits per heavy atom. The Bertz CT molecular complexity index is 594. The van der Waals surface area contributed by atoms with Crippen LogP contribution in [-0.4, -0.2) is 46.5 Å². The normalized spacial score (nSPS) is 22.1. The second kappa shape index (κ2) is 5.53. The van der Waals surface area contributed by atoms with Crippen molar-refractivity contribution in [1.29, 1.82) is 0 Å². The molecule has 2 heterocycles. The summed E-state index contributed by atoms with van der Waals surface area (Å²) in [6, 6.07) is -0.221. The van der Waals surface area contributed by atoms with Crippen LogP contribution in [0.1, 0.15) is 43.7 Å². The fourth-order valence-corrected chi connectivity index (χ4v) is 3.69. The number of hydrogen-bond acceptors (Lipinski definition) is 4. The highest BCUT2D eigenvalue weighted by Crippen LogP contribution is 2.37. The average Bonchev–Trinajstić information content (AvgIpc) is 3.01. The SMILES string of the molecule is O=C1CN(C(=O)Nc2nc(C3CCC3)cs2)CN1CC1CC1. The van der Waals surface area contributed by atoms with E-state index < -0.39 is 0 Å². The molecule has 2 aliphatic carbocycles. The van der Waals surface area contributed by atoms with Crippen LogP contribution in [-0.2, 0) is 4.79 Å². The molecular formula is C15H20N4O2S. The Hall–Kier alpha value is -1.63. The van der Waals surface area contributed by atoms with Gasteiger partial charge in [0.15, 0.2) is 5.13 Å². The van der Waals surface area contributed by atoms with E-state index in [1.54, 1.807) is 9.80 Å². The predicted octanol–water partition coefficient (Wildman–Crippen LogP) is 2.45. The van der Waals surface area contributed by atoms with Crippen molar-refractivity contribution in [3.05, 3.63) is 11.1 Å². The summed E-state index contributed by atoms with van der Waals surface area (Å²) < 4.78 is 0. The van der Waals surface area contributed by atoms with Gasteiger partial charge in [0.1, 0.15) is 6.54 Å². The van der Waals surface area contributed by atoms with Gasteiger partial charge >= 0.3 is 6.03 Å². The number of rotatable bonds is 4. The van der Waals surface area contributed by atoms with Gasteiger partial charge in [0.2, 0.25) is 5.91 Å². The first kappa shape index (κ1) is 14.0. The molecule has 1 aliphatic heterocycles. The second-order valence-electron chi connectivity index (χ2n) is 6.53. The molecule has 118 valence electrons. The van der Waals surface area contributed by atoms with E-state index in [1.807, 2.05) is 5.38 Å². The lowest BCUT2D eigenvalue weighted by Gasteiger charge is -2.23. The summed E-state index contributed by atoms with van der Waals surface area (Å²) in [6.45, 7) is 1.38. The number of anilines is 1. The Morgan fingerprint density at radius 3 is 2.86 bits per heavy atom. The fourth-order valence-electron chi connectivity index (χ4n) is 2.91. The van der Waals surface area contributed by atoms with E-state index in [1.165, 1.54) is 43.4 Å². The summed E-state index contributed by atoms with van der Waals surface area (Å²) in [6.07, 6.45) is 6.09. The van der Waals surface area contributed by atoms with Crippen LogP contribution in [0.5, 0.6) is 0 Å². The zero-order valence-electron chi connectivity index (χ0n) is 12.5. The minimum absolute atomic E-state index is 0.0522. The number of thiazole rings is 1. The summed E-state index contributed by atoms with van der Waals surface area (Å²) in [5.41, 5.74) is 1.10. The number of amides is 3. The molecule has 6 nitrogen and oxygen atoms in total. The molecule has 1 aromatic heterocycles. The third kappa shape index (κ3) is 2.82. The van der Waals surface area contributed by atoms with E-state index in [4.69, 9.17) is 0 Å². The van der Waals surface area contributed by atoms with Crippen molar-refractivity contribution in [2.24, 2.45) is 5.92 Å². The number of nitrogens with zero attached hydrogens (tertiary/aromatic N) is 3. The molecule has 7 heteroatoms. The molecule has 0 bridgehead atoms. The largest absolute Gasteiger partial charge is 0.325 e. The molecule has 3 amide bonds. The highest BCUT2D eigenvalue weighted by atomic mass is 32.1. The standard InChI is InChI=1S/C15H20N4O2S/c20-13-7-19(9-18(13)6-10-4-5-10)15(21)17-14-16-12(8-22-14)11-2-1-3-11/h8,10-11H,1-7,9H2,(H,16,17,21). The van der Waals surface area contributed by atoms with Crippen LogP contribution in [0.4, 0.5) is 9.93 Å². The number of hydrogen-bond donors (Lipinski definition) is 1. The third-order valence-corrected chi connectivity index (χ3v) is 5.52. The van der Waals surface area contributed by atoms with E-state index in [2.05, 4.69) is 10.3 Å². The summed E-state index contributed by atoms with van der Waals surface area (Å²) in [5.74, 6) is 1.27. The van der Waals surface area contributed by atoms with Gasteiger partial charge in [-0.25, -0.2) is 9.78 Å². The third-order valence-electron chi connectivity index (χ3n) is 4.74. The predicted molar refractivity (Wildman–Crippen MR) is 83.7 cm³/mol. The van der Waals surface area contributed by atoms with Gasteiger partial charge in [-0.05, 0) is 31.6 Å². The van der Waals surface area contributed by atoms with Crippen LogP contribution in [0.25, 0.3) is 0 Å². The Morgan fingerprint density at radius 1 is 1.36 bits per heavy atom. The summed E-state index contributed by atoms with van der Waals surface area (Å²) in [5, 5.41) is 5.51. The first-order chi connectivity index (χ1) is 10.7. The van der Waals surface area contributed by atoms with Gasteiger partial charge in [-0.2, -0.15) is 0 Å². The molecule has 22 heavy (non-hydrogen) atoms. The van der Waals surface area contributed by atoms with Crippen molar-refractivity contribution < 1.29 is 9.59 Å². The molecule has 2 saturated carbocycles. The van der Waals surface area contributed by atoms with Crippen LogP contribution >= 0.6 is 11.3 Å². The van der Waals surface area contributed by atoms with Crippen molar-refractivity contribution in [2.45, 2.75) is 38.0 Å². The summed E-state index contributed by atoms with van der Waals surface area (Å²) in [7, 11) is 0. The highest BCUT2D eigenvalue weighted by molar-refractivity contribution is 7.13. The first-order valence-corrected chi connectivity index (χ1v) is 8.86. The van der Waals surface area contributed by atoms with Crippen molar-refractivity contribution in [1.82, 2.24) is 14.8 Å². The summed E-state index contributed by atoms with van der Waals surface area (Å²) in [4.78, 5) is 32.1. The molecule has 1 N–H and O–H groups in total. The maximum Gasteiger partial charge on any atom is 0.325 e. The minimum atomic E-state index is -0.221. The molecule has 4 rings (SSSR count). The number of aromatic nitrogens is 1. The topological polar surface area (TPSA) is 65.5 Å². The average molecular weight is 320 g/mol. The number of nitrogens with one attached hydrogen (secondary N) is 1. The van der Waals surface area contributed by atoms with Gasteiger partial charge in [-0.3, -0.25) is 15.0 Å². The van der Waals surface area contributed by atoms with Gasteiger partial charge in [0, 0.05) is 17.8 Å². The van der Waals surface area contributed by atoms with E-state index >= 15 is 0 Å². The van der Waals surface area contributed by atoms with E-state index in [9.17, 15) is 9.59 Å². The lowest BCUT2D eigenvalue weighted by molar-refractivity contribution is -0.126.